The minimum absolute atomic E-state index is 0.626. The smallest absolute Gasteiger partial charge is 0.00437 e. The molecule has 1 aromatic rings. The van der Waals surface area contributed by atoms with Gasteiger partial charge in [0.05, 0.1) is 0 Å². The van der Waals surface area contributed by atoms with Crippen molar-refractivity contribution in [1.82, 2.24) is 5.32 Å². The van der Waals surface area contributed by atoms with Crippen molar-refractivity contribution in [1.29, 1.82) is 0 Å². The highest BCUT2D eigenvalue weighted by molar-refractivity contribution is 5.30. The van der Waals surface area contributed by atoms with E-state index in [9.17, 15) is 0 Å². The normalized spacial score (nSPS) is 17.6. The molecule has 1 saturated carbocycles. The summed E-state index contributed by atoms with van der Waals surface area (Å²) in [5, 5.41) is 3.51. The number of rotatable bonds is 7. The third kappa shape index (κ3) is 4.09. The van der Waals surface area contributed by atoms with Gasteiger partial charge in [0.2, 0.25) is 0 Å². The second-order valence-electron chi connectivity index (χ2n) is 6.73. The van der Waals surface area contributed by atoms with Crippen molar-refractivity contribution in [2.75, 3.05) is 13.1 Å². The van der Waals surface area contributed by atoms with Crippen molar-refractivity contribution >= 4 is 0 Å². The molecule has 0 aromatic heterocycles. The van der Waals surface area contributed by atoms with Crippen LogP contribution in [-0.4, -0.2) is 13.1 Å². The first-order valence-corrected chi connectivity index (χ1v) is 8.42. The molecule has 0 bridgehead atoms. The van der Waals surface area contributed by atoms with Crippen LogP contribution in [0.2, 0.25) is 0 Å². The Balaban J connectivity index is 1.92. The van der Waals surface area contributed by atoms with Gasteiger partial charge in [-0.2, -0.15) is 0 Å². The molecule has 1 aliphatic rings. The summed E-state index contributed by atoms with van der Waals surface area (Å²) in [6, 6.07) is 7.00. The third-order valence-electron chi connectivity index (χ3n) is 5.26. The highest BCUT2D eigenvalue weighted by Crippen LogP contribution is 2.44. The highest BCUT2D eigenvalue weighted by atomic mass is 14.8. The van der Waals surface area contributed by atoms with E-state index in [0.29, 0.717) is 5.41 Å². The number of aryl methyl sites for hydroxylation is 3. The molecule has 1 fully saturated rings. The van der Waals surface area contributed by atoms with E-state index in [1.807, 2.05) is 0 Å². The molecule has 0 atom stereocenters. The molecule has 0 amide bonds. The van der Waals surface area contributed by atoms with E-state index in [1.54, 1.807) is 0 Å². The van der Waals surface area contributed by atoms with E-state index < -0.39 is 0 Å². The molecule has 20 heavy (non-hydrogen) atoms. The summed E-state index contributed by atoms with van der Waals surface area (Å²) in [5.74, 6) is 0. The second kappa shape index (κ2) is 7.26. The summed E-state index contributed by atoms with van der Waals surface area (Å²) in [6.07, 6.45) is 9.78. The Bertz CT molecular complexity index is 416. The summed E-state index contributed by atoms with van der Waals surface area (Å²) < 4.78 is 0. The van der Waals surface area contributed by atoms with Crippen molar-refractivity contribution < 1.29 is 0 Å². The maximum Gasteiger partial charge on any atom is -0.00437 e. The lowest BCUT2D eigenvalue weighted by molar-refractivity contribution is 0.246. The Morgan fingerprint density at radius 1 is 1.05 bits per heavy atom. The molecule has 1 aliphatic carbocycles. The van der Waals surface area contributed by atoms with Crippen molar-refractivity contribution in [3.63, 3.8) is 0 Å². The van der Waals surface area contributed by atoms with Gasteiger partial charge in [-0.25, -0.2) is 0 Å². The number of nitrogens with one attached hydrogen (secondary N) is 1. The molecule has 2 rings (SSSR count). The van der Waals surface area contributed by atoms with Crippen LogP contribution >= 0.6 is 0 Å². The Kier molecular flexibility index (Phi) is 5.65. The zero-order chi connectivity index (χ0) is 14.4. The van der Waals surface area contributed by atoms with Crippen LogP contribution in [0.4, 0.5) is 0 Å². The van der Waals surface area contributed by atoms with Gasteiger partial charge in [0, 0.05) is 0 Å². The van der Waals surface area contributed by atoms with E-state index >= 15 is 0 Å². The molecule has 0 unspecified atom stereocenters. The Morgan fingerprint density at radius 2 is 1.80 bits per heavy atom. The molecule has 0 spiro atoms. The lowest BCUT2D eigenvalue weighted by atomic mass is 9.77. The average Bonchev–Trinajstić information content (AvgIpc) is 2.90. The zero-order valence-electron chi connectivity index (χ0n) is 13.6. The lowest BCUT2D eigenvalue weighted by Crippen LogP contribution is -2.25. The minimum Gasteiger partial charge on any atom is -0.317 e. The molecule has 0 radical (unpaired) electrons. The fraction of sp³-hybridized carbons (Fsp3) is 0.684. The SMILES string of the molecule is CCNCCC1(CCc2ccc(C)c(C)c2)CCCC1. The van der Waals surface area contributed by atoms with Gasteiger partial charge >= 0.3 is 0 Å². The molecule has 0 heterocycles. The fourth-order valence-electron chi connectivity index (χ4n) is 3.65. The second-order valence-corrected chi connectivity index (χ2v) is 6.73. The molecule has 1 aromatic carbocycles. The number of benzene rings is 1. The van der Waals surface area contributed by atoms with Crippen molar-refractivity contribution in [2.45, 2.75) is 65.7 Å². The molecule has 1 heteroatoms. The van der Waals surface area contributed by atoms with E-state index in [1.165, 1.54) is 68.2 Å². The number of hydrogen-bond acceptors (Lipinski definition) is 1. The van der Waals surface area contributed by atoms with Crippen molar-refractivity contribution in [3.8, 4) is 0 Å². The predicted molar refractivity (Wildman–Crippen MR) is 88.3 cm³/mol. The Morgan fingerprint density at radius 3 is 2.45 bits per heavy atom. The van der Waals surface area contributed by atoms with E-state index in [-0.39, 0.29) is 0 Å². The van der Waals surface area contributed by atoms with Crippen LogP contribution in [0.1, 0.15) is 62.1 Å². The maximum atomic E-state index is 3.51. The van der Waals surface area contributed by atoms with E-state index in [2.05, 4.69) is 44.3 Å². The molecular formula is C19H31N. The standard InChI is InChI=1S/C19H31N/c1-4-20-14-13-19(10-5-6-11-19)12-9-18-8-7-16(2)17(3)15-18/h7-8,15,20H,4-6,9-14H2,1-3H3. The van der Waals surface area contributed by atoms with E-state index in [4.69, 9.17) is 0 Å². The van der Waals surface area contributed by atoms with Crippen molar-refractivity contribution in [3.05, 3.63) is 34.9 Å². The summed E-state index contributed by atoms with van der Waals surface area (Å²) in [6.45, 7) is 8.94. The van der Waals surface area contributed by atoms with Crippen LogP contribution < -0.4 is 5.32 Å². The van der Waals surface area contributed by atoms with Crippen LogP contribution in [0.25, 0.3) is 0 Å². The van der Waals surface area contributed by atoms with Crippen LogP contribution in [0.3, 0.4) is 0 Å². The first-order valence-electron chi connectivity index (χ1n) is 8.42. The van der Waals surface area contributed by atoms with Gasteiger partial charge in [-0.3, -0.25) is 0 Å². The third-order valence-corrected chi connectivity index (χ3v) is 5.26. The van der Waals surface area contributed by atoms with Crippen LogP contribution in [0.15, 0.2) is 18.2 Å². The van der Waals surface area contributed by atoms with Gasteiger partial charge in [0.15, 0.2) is 0 Å². The monoisotopic (exact) mass is 273 g/mol. The Hall–Kier alpha value is -0.820. The highest BCUT2D eigenvalue weighted by Gasteiger charge is 2.32. The molecule has 1 nitrogen and oxygen atoms in total. The van der Waals surface area contributed by atoms with Gasteiger partial charge < -0.3 is 5.32 Å². The van der Waals surface area contributed by atoms with Gasteiger partial charge in [-0.05, 0) is 81.1 Å². The van der Waals surface area contributed by atoms with Crippen molar-refractivity contribution in [2.24, 2.45) is 5.41 Å². The van der Waals surface area contributed by atoms with Crippen LogP contribution in [0, 0.1) is 19.3 Å². The first-order chi connectivity index (χ1) is 9.65. The average molecular weight is 273 g/mol. The van der Waals surface area contributed by atoms with Crippen LogP contribution in [-0.2, 0) is 6.42 Å². The fourth-order valence-corrected chi connectivity index (χ4v) is 3.65. The van der Waals surface area contributed by atoms with Gasteiger partial charge in [0.1, 0.15) is 0 Å². The molecule has 112 valence electrons. The summed E-state index contributed by atoms with van der Waals surface area (Å²) in [4.78, 5) is 0. The summed E-state index contributed by atoms with van der Waals surface area (Å²) in [7, 11) is 0. The van der Waals surface area contributed by atoms with Gasteiger partial charge in [-0.1, -0.05) is 38.0 Å². The topological polar surface area (TPSA) is 12.0 Å². The Labute approximate surface area is 125 Å². The quantitative estimate of drug-likeness (QED) is 0.704. The minimum atomic E-state index is 0.626. The summed E-state index contributed by atoms with van der Waals surface area (Å²) in [5.41, 5.74) is 5.01. The molecule has 1 N–H and O–H groups in total. The van der Waals surface area contributed by atoms with Gasteiger partial charge in [-0.15, -0.1) is 0 Å². The van der Waals surface area contributed by atoms with Crippen LogP contribution in [0.5, 0.6) is 0 Å². The zero-order valence-corrected chi connectivity index (χ0v) is 13.6. The lowest BCUT2D eigenvalue weighted by Gasteiger charge is -2.29. The molecule has 0 saturated heterocycles. The maximum absolute atomic E-state index is 3.51. The predicted octanol–water partition coefficient (Wildman–Crippen LogP) is 4.80. The molecular weight excluding hydrogens is 242 g/mol. The summed E-state index contributed by atoms with van der Waals surface area (Å²) >= 11 is 0. The van der Waals surface area contributed by atoms with E-state index in [0.717, 1.165) is 6.54 Å². The largest absolute Gasteiger partial charge is 0.317 e. The van der Waals surface area contributed by atoms with Gasteiger partial charge in [0.25, 0.3) is 0 Å². The number of hydrogen-bond donors (Lipinski definition) is 1. The molecule has 0 aliphatic heterocycles. The first kappa shape index (κ1) is 15.6.